The number of hydrogen-bond acceptors (Lipinski definition) is 1. The Morgan fingerprint density at radius 3 is 1.52 bits per heavy atom. The molecule has 0 unspecified atom stereocenters. The summed E-state index contributed by atoms with van der Waals surface area (Å²) >= 11 is 0. The van der Waals surface area contributed by atoms with Crippen LogP contribution in [-0.4, -0.2) is 0 Å². The standard InChI is InChI=1S/C64H47N/c1-63(2)55-29-13-8-26-52(55)53-40-39-45(41-60(53)63)65(44-19-4-3-5-20-44)61-34-17-12-21-46(61)42-35-37-43(38-36-42)47-28-18-33-59-62(47)54-27-11-16-32-58(54)64(59)56-30-14-9-24-50(56)48-22-6-7-23-49(48)51-25-10-15-31-57(51)64/h3-11,13-20,22-41H,12,21H2,1-2H3. The Morgan fingerprint density at radius 1 is 0.369 bits per heavy atom. The molecule has 0 aromatic heterocycles. The summed E-state index contributed by atoms with van der Waals surface area (Å²) in [5, 5.41) is 0. The second-order valence-corrected chi connectivity index (χ2v) is 18.6. The largest absolute Gasteiger partial charge is 0.310 e. The molecule has 1 nitrogen and oxygen atoms in total. The van der Waals surface area contributed by atoms with Crippen LogP contribution >= 0.6 is 0 Å². The van der Waals surface area contributed by atoms with E-state index in [-0.39, 0.29) is 5.41 Å². The molecule has 0 aliphatic heterocycles. The maximum Gasteiger partial charge on any atom is 0.0725 e. The van der Waals surface area contributed by atoms with Crippen LogP contribution in [-0.2, 0) is 10.8 Å². The Bertz CT molecular complexity index is 3390. The lowest BCUT2D eigenvalue weighted by Crippen LogP contribution is -2.29. The highest BCUT2D eigenvalue weighted by Gasteiger charge is 2.50. The van der Waals surface area contributed by atoms with Crippen molar-refractivity contribution in [1.29, 1.82) is 0 Å². The van der Waals surface area contributed by atoms with E-state index in [4.69, 9.17) is 0 Å². The maximum absolute atomic E-state index is 2.49. The number of anilines is 2. The lowest BCUT2D eigenvalue weighted by atomic mass is 9.66. The van der Waals surface area contributed by atoms with Crippen LogP contribution in [0.5, 0.6) is 0 Å². The number of rotatable bonds is 5. The first-order valence-corrected chi connectivity index (χ1v) is 23.2. The van der Waals surface area contributed by atoms with Crippen LogP contribution in [0.1, 0.15) is 65.6 Å². The van der Waals surface area contributed by atoms with Gasteiger partial charge in [-0.15, -0.1) is 0 Å². The molecule has 13 rings (SSSR count). The minimum absolute atomic E-state index is 0.0918. The van der Waals surface area contributed by atoms with Crippen molar-refractivity contribution in [3.63, 3.8) is 0 Å². The van der Waals surface area contributed by atoms with Gasteiger partial charge in [0, 0.05) is 22.5 Å². The van der Waals surface area contributed by atoms with Gasteiger partial charge in [0.2, 0.25) is 0 Å². The minimum Gasteiger partial charge on any atom is -0.310 e. The van der Waals surface area contributed by atoms with Gasteiger partial charge in [-0.2, -0.15) is 0 Å². The molecule has 4 aliphatic carbocycles. The fourth-order valence-corrected chi connectivity index (χ4v) is 12.2. The Morgan fingerprint density at radius 2 is 0.862 bits per heavy atom. The highest BCUT2D eigenvalue weighted by molar-refractivity contribution is 6.01. The molecule has 308 valence electrons. The number of fused-ring (bicyclic) bond motifs is 15. The molecular weight excluding hydrogens is 783 g/mol. The quantitative estimate of drug-likeness (QED) is 0.167. The van der Waals surface area contributed by atoms with Crippen LogP contribution in [0.3, 0.4) is 0 Å². The Kier molecular flexibility index (Phi) is 8.37. The predicted molar refractivity (Wildman–Crippen MR) is 271 cm³/mol. The molecule has 9 aromatic carbocycles. The Balaban J connectivity index is 0.966. The maximum atomic E-state index is 2.49. The van der Waals surface area contributed by atoms with Gasteiger partial charge in [-0.3, -0.25) is 0 Å². The van der Waals surface area contributed by atoms with E-state index in [0.29, 0.717) is 0 Å². The molecule has 4 aliphatic rings. The van der Waals surface area contributed by atoms with Crippen LogP contribution in [0.15, 0.2) is 230 Å². The summed E-state index contributed by atoms with van der Waals surface area (Å²) in [5.74, 6) is 0. The van der Waals surface area contributed by atoms with Crippen LogP contribution in [0.25, 0.3) is 61.2 Å². The van der Waals surface area contributed by atoms with Crippen molar-refractivity contribution in [3.05, 3.63) is 269 Å². The first-order chi connectivity index (χ1) is 32.0. The third-order valence-corrected chi connectivity index (χ3v) is 15.0. The third-order valence-electron chi connectivity index (χ3n) is 15.0. The fraction of sp³-hybridized carbons (Fsp3) is 0.0938. The van der Waals surface area contributed by atoms with Crippen molar-refractivity contribution in [1.82, 2.24) is 0 Å². The van der Waals surface area contributed by atoms with E-state index in [2.05, 4.69) is 243 Å². The van der Waals surface area contributed by atoms with Crippen LogP contribution in [0.2, 0.25) is 0 Å². The van der Waals surface area contributed by atoms with Gasteiger partial charge in [0.15, 0.2) is 0 Å². The summed E-state index contributed by atoms with van der Waals surface area (Å²) in [6.07, 6.45) is 6.68. The lowest BCUT2D eigenvalue weighted by Gasteiger charge is -2.35. The first kappa shape index (κ1) is 37.8. The van der Waals surface area contributed by atoms with Crippen molar-refractivity contribution in [2.24, 2.45) is 0 Å². The molecule has 1 spiro atoms. The molecule has 0 amide bonds. The molecule has 0 radical (unpaired) electrons. The third kappa shape index (κ3) is 5.39. The molecule has 0 heterocycles. The smallest absolute Gasteiger partial charge is 0.0725 e. The molecule has 65 heavy (non-hydrogen) atoms. The minimum atomic E-state index is -0.501. The van der Waals surface area contributed by atoms with E-state index >= 15 is 0 Å². The van der Waals surface area contributed by atoms with Crippen LogP contribution in [0.4, 0.5) is 11.4 Å². The van der Waals surface area contributed by atoms with Gasteiger partial charge < -0.3 is 4.90 Å². The first-order valence-electron chi connectivity index (χ1n) is 23.2. The second kappa shape index (κ2) is 14.4. The molecule has 0 atom stereocenters. The summed E-state index contributed by atoms with van der Waals surface area (Å²) < 4.78 is 0. The van der Waals surface area contributed by atoms with E-state index in [9.17, 15) is 0 Å². The summed E-state index contributed by atoms with van der Waals surface area (Å²) in [6, 6.07) is 79.9. The van der Waals surface area contributed by atoms with E-state index in [1.165, 1.54) is 112 Å². The predicted octanol–water partition coefficient (Wildman–Crippen LogP) is 16.6. The van der Waals surface area contributed by atoms with E-state index in [1.807, 2.05) is 0 Å². The van der Waals surface area contributed by atoms with Gasteiger partial charge in [-0.1, -0.05) is 208 Å². The number of hydrogen-bond donors (Lipinski definition) is 0. The van der Waals surface area contributed by atoms with Gasteiger partial charge in [0.25, 0.3) is 0 Å². The molecule has 0 bridgehead atoms. The zero-order valence-electron chi connectivity index (χ0n) is 36.7. The van der Waals surface area contributed by atoms with E-state index < -0.39 is 5.41 Å². The number of allylic oxidation sites excluding steroid dienone is 3. The molecule has 1 heteroatoms. The Labute approximate surface area is 382 Å². The van der Waals surface area contributed by atoms with Crippen molar-refractivity contribution < 1.29 is 0 Å². The molecule has 0 saturated carbocycles. The molecule has 0 fully saturated rings. The summed E-state index contributed by atoms with van der Waals surface area (Å²) in [5.41, 5.74) is 26.7. The van der Waals surface area contributed by atoms with Gasteiger partial charge in [0.05, 0.1) is 5.41 Å². The molecule has 0 saturated heterocycles. The van der Waals surface area contributed by atoms with Gasteiger partial charge in [-0.25, -0.2) is 0 Å². The zero-order valence-corrected chi connectivity index (χ0v) is 36.7. The lowest BCUT2D eigenvalue weighted by molar-refractivity contribution is 0.660. The molecule has 0 N–H and O–H groups in total. The zero-order chi connectivity index (χ0) is 43.3. The fourth-order valence-electron chi connectivity index (χ4n) is 12.2. The van der Waals surface area contributed by atoms with Crippen molar-refractivity contribution in [2.75, 3.05) is 4.90 Å². The van der Waals surface area contributed by atoms with Crippen molar-refractivity contribution >= 4 is 16.9 Å². The van der Waals surface area contributed by atoms with E-state index in [0.717, 1.165) is 18.5 Å². The summed E-state index contributed by atoms with van der Waals surface area (Å²) in [4.78, 5) is 2.49. The highest BCUT2D eigenvalue weighted by Crippen LogP contribution is 2.63. The van der Waals surface area contributed by atoms with Crippen molar-refractivity contribution in [3.8, 4) is 55.6 Å². The summed E-state index contributed by atoms with van der Waals surface area (Å²) in [7, 11) is 0. The monoisotopic (exact) mass is 829 g/mol. The number of nitrogens with zero attached hydrogens (tertiary/aromatic N) is 1. The molecular formula is C64H47N. The molecule has 9 aromatic rings. The van der Waals surface area contributed by atoms with E-state index in [1.54, 1.807) is 0 Å². The average Bonchev–Trinajstić information content (AvgIpc) is 3.75. The summed E-state index contributed by atoms with van der Waals surface area (Å²) in [6.45, 7) is 4.74. The highest BCUT2D eigenvalue weighted by atomic mass is 15.1. The number of para-hydroxylation sites is 1. The Hall–Kier alpha value is -7.74. The number of benzene rings is 9. The van der Waals surface area contributed by atoms with Crippen molar-refractivity contribution in [2.45, 2.75) is 37.5 Å². The second-order valence-electron chi connectivity index (χ2n) is 18.6. The van der Waals surface area contributed by atoms with Gasteiger partial charge >= 0.3 is 0 Å². The SMILES string of the molecule is CC1(C)c2ccccc2-c2ccc(N(C3=C(c4ccc(-c5cccc6c5-c5ccccc5C65c6ccccc6-c6ccccc6-c6ccccc65)cc4)CCC=C3)c3ccccc3)cc21. The average molecular weight is 830 g/mol. The normalized spacial score (nSPS) is 15.2. The van der Waals surface area contributed by atoms with Crippen LogP contribution in [0, 0.1) is 0 Å². The topological polar surface area (TPSA) is 3.24 Å². The van der Waals surface area contributed by atoms with Crippen LogP contribution < -0.4 is 4.90 Å². The van der Waals surface area contributed by atoms with Gasteiger partial charge in [-0.05, 0) is 143 Å². The van der Waals surface area contributed by atoms with Gasteiger partial charge in [0.1, 0.15) is 0 Å².